The van der Waals surface area contributed by atoms with Crippen molar-refractivity contribution >= 4 is 35.8 Å². The Morgan fingerprint density at radius 1 is 0.694 bits per heavy atom. The van der Waals surface area contributed by atoms with Crippen LogP contribution in [0.5, 0.6) is 0 Å². The molecule has 2 rings (SSSR count). The summed E-state index contributed by atoms with van der Waals surface area (Å²) in [5, 5.41) is 0. The van der Waals surface area contributed by atoms with E-state index in [-0.39, 0.29) is 34.1 Å². The molecule has 6 nitrogen and oxygen atoms in total. The van der Waals surface area contributed by atoms with Crippen LogP contribution in [-0.2, 0) is 19.1 Å². The maximum absolute atomic E-state index is 12.1. The lowest BCUT2D eigenvalue weighted by Crippen LogP contribution is -2.52. The van der Waals surface area contributed by atoms with Gasteiger partial charge in [0.1, 0.15) is 13.2 Å². The minimum atomic E-state index is -0.196. The van der Waals surface area contributed by atoms with Crippen LogP contribution in [0.3, 0.4) is 0 Å². The number of carbonyl (C=O) groups excluding carboxylic acids is 2. The monoisotopic (exact) mass is 540 g/mol. The molecule has 0 aromatic carbocycles. The summed E-state index contributed by atoms with van der Waals surface area (Å²) < 4.78 is 15.6. The zero-order valence-electron chi connectivity index (χ0n) is 23.7. The molecule has 36 heavy (non-hydrogen) atoms. The van der Waals surface area contributed by atoms with Gasteiger partial charge in [-0.3, -0.25) is 9.59 Å². The van der Waals surface area contributed by atoms with Crippen LogP contribution in [0.15, 0.2) is 24.3 Å². The molecule has 0 aliphatic carbocycles. The Balaban J connectivity index is 1.53. The van der Waals surface area contributed by atoms with Gasteiger partial charge in [0, 0.05) is 46.5 Å². The molecule has 0 aromatic rings. The Labute approximate surface area is 228 Å². The van der Waals surface area contributed by atoms with Crippen molar-refractivity contribution in [2.75, 3.05) is 24.7 Å². The molecule has 2 heterocycles. The Morgan fingerprint density at radius 2 is 1.06 bits per heavy atom. The van der Waals surface area contributed by atoms with Crippen molar-refractivity contribution < 1.29 is 19.1 Å². The van der Waals surface area contributed by atoms with Crippen molar-refractivity contribution in [3.05, 3.63) is 24.3 Å². The Kier molecular flexibility index (Phi) is 11.5. The van der Waals surface area contributed by atoms with Crippen molar-refractivity contribution in [1.82, 2.24) is 8.61 Å². The highest BCUT2D eigenvalue weighted by atomic mass is 32.2. The summed E-state index contributed by atoms with van der Waals surface area (Å²) in [5.41, 5.74) is 0.0835. The Morgan fingerprint density at radius 3 is 1.39 bits per heavy atom. The van der Waals surface area contributed by atoms with Crippen LogP contribution in [-0.4, -0.2) is 67.4 Å². The van der Waals surface area contributed by atoms with E-state index >= 15 is 0 Å². The van der Waals surface area contributed by atoms with Gasteiger partial charge in [-0.2, -0.15) is 0 Å². The lowest BCUT2D eigenvalue weighted by atomic mass is 9.88. The standard InChI is InChI=1S/C28H48N2O4S2/c1-25(2)15-11-16-26(3,4)29(25)35-21-19-33-23(31)13-9-10-14-24(32)34-20-22-36-30-27(5,6)17-12-18-28(30,7)8/h11-12,15,17H,9-10,13-14,16,18-22H2,1-8H3. The lowest BCUT2D eigenvalue weighted by molar-refractivity contribution is -0.145. The number of unbranched alkanes of at least 4 members (excludes halogenated alkanes) is 1. The van der Waals surface area contributed by atoms with E-state index in [9.17, 15) is 9.59 Å². The van der Waals surface area contributed by atoms with Crippen LogP contribution in [0.1, 0.15) is 93.9 Å². The van der Waals surface area contributed by atoms with Crippen LogP contribution in [0.2, 0.25) is 0 Å². The summed E-state index contributed by atoms with van der Waals surface area (Å²) in [5.74, 6) is 1.08. The average Bonchev–Trinajstić information content (AvgIpc) is 2.73. The third-order valence-electron chi connectivity index (χ3n) is 6.58. The van der Waals surface area contributed by atoms with Crippen molar-refractivity contribution in [3.8, 4) is 0 Å². The van der Waals surface area contributed by atoms with Crippen LogP contribution >= 0.6 is 23.9 Å². The highest BCUT2D eigenvalue weighted by Gasteiger charge is 2.39. The van der Waals surface area contributed by atoms with Gasteiger partial charge < -0.3 is 9.47 Å². The van der Waals surface area contributed by atoms with Crippen molar-refractivity contribution in [2.24, 2.45) is 0 Å². The molecular formula is C28H48N2O4S2. The first-order chi connectivity index (χ1) is 16.7. The molecule has 0 saturated heterocycles. The number of hydrogen-bond acceptors (Lipinski definition) is 8. The minimum Gasteiger partial charge on any atom is -0.465 e. The maximum atomic E-state index is 12.1. The van der Waals surface area contributed by atoms with Gasteiger partial charge in [-0.15, -0.1) is 0 Å². The molecular weight excluding hydrogens is 492 g/mol. The van der Waals surface area contributed by atoms with E-state index in [1.165, 1.54) is 0 Å². The first kappa shape index (κ1) is 31.3. The third-order valence-corrected chi connectivity index (χ3v) is 9.72. The zero-order valence-corrected chi connectivity index (χ0v) is 25.4. The molecule has 0 bridgehead atoms. The van der Waals surface area contributed by atoms with Gasteiger partial charge in [-0.1, -0.05) is 48.2 Å². The predicted octanol–water partition coefficient (Wildman–Crippen LogP) is 6.57. The molecule has 8 heteroatoms. The van der Waals surface area contributed by atoms with Crippen molar-refractivity contribution in [2.45, 2.75) is 116 Å². The van der Waals surface area contributed by atoms with E-state index in [4.69, 9.17) is 9.47 Å². The summed E-state index contributed by atoms with van der Waals surface area (Å²) in [4.78, 5) is 24.2. The summed E-state index contributed by atoms with van der Waals surface area (Å²) in [7, 11) is 0. The topological polar surface area (TPSA) is 59.1 Å². The SMILES string of the molecule is CC1(C)C=CCC(C)(C)N1SCCOC(=O)CCCCC(=O)OCCSN1C(C)(C)C=CCC1(C)C. The highest BCUT2D eigenvalue weighted by molar-refractivity contribution is 7.97. The van der Waals surface area contributed by atoms with Crippen LogP contribution in [0.25, 0.3) is 0 Å². The molecule has 2 aliphatic heterocycles. The fraction of sp³-hybridized carbons (Fsp3) is 0.786. The second-order valence-corrected chi connectivity index (χ2v) is 14.1. The number of nitrogens with zero attached hydrogens (tertiary/aromatic N) is 2. The van der Waals surface area contributed by atoms with Crippen LogP contribution < -0.4 is 0 Å². The summed E-state index contributed by atoms with van der Waals surface area (Å²) >= 11 is 3.48. The van der Waals surface area contributed by atoms with E-state index in [2.05, 4.69) is 88.3 Å². The third kappa shape index (κ3) is 9.41. The number of rotatable bonds is 13. The minimum absolute atomic E-state index is 0.0260. The Hall–Kier alpha value is -0.960. The molecule has 0 unspecified atom stereocenters. The molecule has 0 spiro atoms. The largest absolute Gasteiger partial charge is 0.465 e. The highest BCUT2D eigenvalue weighted by Crippen LogP contribution is 2.40. The molecule has 0 amide bonds. The summed E-state index contributed by atoms with van der Waals surface area (Å²) in [6.07, 6.45) is 13.0. The number of ether oxygens (including phenoxy) is 2. The van der Waals surface area contributed by atoms with Gasteiger partial charge in [0.15, 0.2) is 0 Å². The van der Waals surface area contributed by atoms with Crippen LogP contribution in [0.4, 0.5) is 0 Å². The van der Waals surface area contributed by atoms with E-state index < -0.39 is 0 Å². The number of hydrogen-bond donors (Lipinski definition) is 0. The molecule has 206 valence electrons. The van der Waals surface area contributed by atoms with Crippen molar-refractivity contribution in [3.63, 3.8) is 0 Å². The van der Waals surface area contributed by atoms with Crippen LogP contribution in [0, 0.1) is 0 Å². The van der Waals surface area contributed by atoms with Gasteiger partial charge in [-0.05, 0) is 81.1 Å². The second kappa shape index (κ2) is 13.2. The van der Waals surface area contributed by atoms with Gasteiger partial charge in [0.25, 0.3) is 0 Å². The first-order valence-corrected chi connectivity index (χ1v) is 15.1. The predicted molar refractivity (Wildman–Crippen MR) is 153 cm³/mol. The van der Waals surface area contributed by atoms with E-state index in [1.54, 1.807) is 23.9 Å². The smallest absolute Gasteiger partial charge is 0.305 e. The van der Waals surface area contributed by atoms with Gasteiger partial charge in [-0.25, -0.2) is 8.61 Å². The fourth-order valence-electron chi connectivity index (χ4n) is 5.07. The second-order valence-electron chi connectivity index (χ2n) is 12.0. The number of carbonyl (C=O) groups is 2. The summed E-state index contributed by atoms with van der Waals surface area (Å²) in [6, 6.07) is 0. The van der Waals surface area contributed by atoms with Gasteiger partial charge in [0.05, 0.1) is 0 Å². The molecule has 0 radical (unpaired) electrons. The quantitative estimate of drug-likeness (QED) is 0.113. The Bertz CT molecular complexity index is 739. The van der Waals surface area contributed by atoms with Gasteiger partial charge >= 0.3 is 11.9 Å². The number of esters is 2. The molecule has 0 N–H and O–H groups in total. The average molecular weight is 541 g/mol. The fourth-order valence-corrected chi connectivity index (χ4v) is 7.38. The van der Waals surface area contributed by atoms with E-state index in [0.717, 1.165) is 24.3 Å². The van der Waals surface area contributed by atoms with E-state index in [0.29, 0.717) is 38.9 Å². The summed E-state index contributed by atoms with van der Waals surface area (Å²) in [6.45, 7) is 18.6. The zero-order chi connectivity index (χ0) is 27.0. The first-order valence-electron chi connectivity index (χ1n) is 13.2. The normalized spacial score (nSPS) is 22.3. The lowest BCUT2D eigenvalue weighted by Gasteiger charge is -2.48. The molecule has 0 aromatic heterocycles. The molecule has 0 fully saturated rings. The molecule has 0 saturated carbocycles. The molecule has 0 atom stereocenters. The van der Waals surface area contributed by atoms with E-state index in [1.807, 2.05) is 0 Å². The maximum Gasteiger partial charge on any atom is 0.305 e. The van der Waals surface area contributed by atoms with Gasteiger partial charge in [0.2, 0.25) is 0 Å². The van der Waals surface area contributed by atoms with Crippen molar-refractivity contribution in [1.29, 1.82) is 0 Å². The molecule has 2 aliphatic rings.